The number of hydrogen-bond donors (Lipinski definition) is 0. The summed E-state index contributed by atoms with van der Waals surface area (Å²) in [5.41, 5.74) is 0. The molecule has 64 valence electrons. The van der Waals surface area contributed by atoms with Crippen molar-refractivity contribution in [2.45, 2.75) is 32.7 Å². The van der Waals surface area contributed by atoms with Gasteiger partial charge in [0, 0.05) is 12.6 Å². The molecule has 0 spiro atoms. The first-order chi connectivity index (χ1) is 5.18. The van der Waals surface area contributed by atoms with E-state index < -0.39 is 0 Å². The van der Waals surface area contributed by atoms with Gasteiger partial charge < -0.3 is 4.90 Å². The molecule has 2 fully saturated rings. The minimum atomic E-state index is 0.877. The first kappa shape index (κ1) is 7.60. The Labute approximate surface area is 69.8 Å². The predicted molar refractivity (Wildman–Crippen MR) is 47.5 cm³/mol. The van der Waals surface area contributed by atoms with Crippen LogP contribution in [0.2, 0.25) is 0 Å². The summed E-state index contributed by atoms with van der Waals surface area (Å²) in [5.74, 6) is 3.05. The Hall–Kier alpha value is -0.0400. The van der Waals surface area contributed by atoms with Crippen molar-refractivity contribution in [3.8, 4) is 0 Å². The Morgan fingerprint density at radius 2 is 2.18 bits per heavy atom. The van der Waals surface area contributed by atoms with Gasteiger partial charge in [-0.2, -0.15) is 0 Å². The molecule has 2 rings (SSSR count). The van der Waals surface area contributed by atoms with E-state index in [0.29, 0.717) is 0 Å². The van der Waals surface area contributed by atoms with E-state index in [2.05, 4.69) is 25.8 Å². The zero-order valence-electron chi connectivity index (χ0n) is 7.88. The maximum Gasteiger partial charge on any atom is 0.0126 e. The fraction of sp³-hybridized carbons (Fsp3) is 1.00. The lowest BCUT2D eigenvalue weighted by atomic mass is 10.0. The average Bonchev–Trinajstić information content (AvgIpc) is 2.56. The molecule has 1 aliphatic carbocycles. The maximum atomic E-state index is 2.57. The second-order valence-corrected chi connectivity index (χ2v) is 4.80. The zero-order valence-corrected chi connectivity index (χ0v) is 7.88. The Balaban J connectivity index is 1.91. The van der Waals surface area contributed by atoms with Crippen molar-refractivity contribution in [2.75, 3.05) is 13.6 Å². The standard InChI is InChI=1S/C10H19N/c1-7(2)4-10-9-5-8(9)6-11(10)3/h7-10H,4-6H2,1-3H3. The molecule has 0 aromatic heterocycles. The second kappa shape index (κ2) is 2.48. The van der Waals surface area contributed by atoms with Gasteiger partial charge in [-0.3, -0.25) is 0 Å². The van der Waals surface area contributed by atoms with Crippen LogP contribution in [0.15, 0.2) is 0 Å². The van der Waals surface area contributed by atoms with Gasteiger partial charge in [0.05, 0.1) is 0 Å². The van der Waals surface area contributed by atoms with Crippen LogP contribution in [0.4, 0.5) is 0 Å². The van der Waals surface area contributed by atoms with Crippen LogP contribution in [0.1, 0.15) is 26.7 Å². The summed E-state index contributed by atoms with van der Waals surface area (Å²) in [5, 5.41) is 0. The molecule has 1 nitrogen and oxygen atoms in total. The molecule has 0 bridgehead atoms. The van der Waals surface area contributed by atoms with Gasteiger partial charge in [0.2, 0.25) is 0 Å². The van der Waals surface area contributed by atoms with Gasteiger partial charge in [-0.25, -0.2) is 0 Å². The number of fused-ring (bicyclic) bond motifs is 1. The van der Waals surface area contributed by atoms with Gasteiger partial charge in [-0.05, 0) is 37.6 Å². The number of hydrogen-bond acceptors (Lipinski definition) is 1. The normalized spacial score (nSPS) is 43.1. The van der Waals surface area contributed by atoms with E-state index in [-0.39, 0.29) is 0 Å². The van der Waals surface area contributed by atoms with Crippen LogP contribution in [0.5, 0.6) is 0 Å². The summed E-state index contributed by atoms with van der Waals surface area (Å²) in [7, 11) is 2.29. The van der Waals surface area contributed by atoms with Gasteiger partial charge in [0.25, 0.3) is 0 Å². The highest BCUT2D eigenvalue weighted by molar-refractivity contribution is 5.03. The van der Waals surface area contributed by atoms with Crippen molar-refractivity contribution in [3.63, 3.8) is 0 Å². The molecule has 1 saturated heterocycles. The van der Waals surface area contributed by atoms with Crippen LogP contribution in [0.3, 0.4) is 0 Å². The van der Waals surface area contributed by atoms with E-state index in [1.807, 2.05) is 0 Å². The van der Waals surface area contributed by atoms with E-state index in [1.54, 1.807) is 0 Å². The SMILES string of the molecule is CC(C)CC1C2CC2CN1C. The molecule has 0 aromatic rings. The smallest absolute Gasteiger partial charge is 0.0126 e. The Morgan fingerprint density at radius 3 is 2.64 bits per heavy atom. The number of likely N-dealkylation sites (tertiary alicyclic amines) is 1. The van der Waals surface area contributed by atoms with E-state index in [9.17, 15) is 0 Å². The van der Waals surface area contributed by atoms with Gasteiger partial charge >= 0.3 is 0 Å². The van der Waals surface area contributed by atoms with Crippen LogP contribution in [0, 0.1) is 17.8 Å². The van der Waals surface area contributed by atoms with E-state index >= 15 is 0 Å². The third-order valence-electron chi connectivity index (χ3n) is 3.27. The molecule has 0 amide bonds. The van der Waals surface area contributed by atoms with Gasteiger partial charge in [0.15, 0.2) is 0 Å². The van der Waals surface area contributed by atoms with Gasteiger partial charge in [-0.15, -0.1) is 0 Å². The summed E-state index contributed by atoms with van der Waals surface area (Å²) in [4.78, 5) is 2.57. The van der Waals surface area contributed by atoms with Gasteiger partial charge in [0.1, 0.15) is 0 Å². The molecule has 1 heteroatoms. The first-order valence-electron chi connectivity index (χ1n) is 4.88. The van der Waals surface area contributed by atoms with E-state index in [1.165, 1.54) is 19.4 Å². The Morgan fingerprint density at radius 1 is 1.45 bits per heavy atom. The highest BCUT2D eigenvalue weighted by Crippen LogP contribution is 2.50. The topological polar surface area (TPSA) is 3.24 Å². The fourth-order valence-corrected chi connectivity index (χ4v) is 2.62. The molecular formula is C10H19N. The van der Waals surface area contributed by atoms with Crippen molar-refractivity contribution in [1.82, 2.24) is 4.90 Å². The fourth-order valence-electron chi connectivity index (χ4n) is 2.62. The molecule has 1 saturated carbocycles. The lowest BCUT2D eigenvalue weighted by molar-refractivity contribution is 0.236. The summed E-state index contributed by atoms with van der Waals surface area (Å²) < 4.78 is 0. The van der Waals surface area contributed by atoms with Crippen LogP contribution >= 0.6 is 0 Å². The lowest BCUT2D eigenvalue weighted by Gasteiger charge is -2.24. The molecule has 1 aliphatic heterocycles. The summed E-state index contributed by atoms with van der Waals surface area (Å²) in [6, 6.07) is 0.931. The molecule has 1 heterocycles. The predicted octanol–water partition coefficient (Wildman–Crippen LogP) is 1.98. The summed E-state index contributed by atoms with van der Waals surface area (Å²) in [6.45, 7) is 6.05. The Bertz CT molecular complexity index is 151. The van der Waals surface area contributed by atoms with Crippen molar-refractivity contribution in [3.05, 3.63) is 0 Å². The molecule has 0 aromatic carbocycles. The third-order valence-corrected chi connectivity index (χ3v) is 3.27. The maximum absolute atomic E-state index is 2.57. The first-order valence-corrected chi connectivity index (χ1v) is 4.88. The molecule has 2 aliphatic rings. The zero-order chi connectivity index (χ0) is 8.01. The third kappa shape index (κ3) is 1.31. The molecule has 3 atom stereocenters. The van der Waals surface area contributed by atoms with E-state index in [0.717, 1.165) is 23.8 Å². The van der Waals surface area contributed by atoms with Crippen LogP contribution in [0.25, 0.3) is 0 Å². The van der Waals surface area contributed by atoms with Crippen molar-refractivity contribution < 1.29 is 0 Å². The lowest BCUT2D eigenvalue weighted by Crippen LogP contribution is -2.30. The second-order valence-electron chi connectivity index (χ2n) is 4.80. The van der Waals surface area contributed by atoms with E-state index in [4.69, 9.17) is 0 Å². The van der Waals surface area contributed by atoms with Crippen molar-refractivity contribution in [1.29, 1.82) is 0 Å². The number of rotatable bonds is 2. The van der Waals surface area contributed by atoms with Crippen molar-refractivity contribution >= 4 is 0 Å². The summed E-state index contributed by atoms with van der Waals surface area (Å²) in [6.07, 6.45) is 2.94. The molecule has 0 radical (unpaired) electrons. The molecule has 11 heavy (non-hydrogen) atoms. The Kier molecular flexibility index (Phi) is 1.71. The average molecular weight is 153 g/mol. The quantitative estimate of drug-likeness (QED) is 0.586. The molecular weight excluding hydrogens is 134 g/mol. The monoisotopic (exact) mass is 153 g/mol. The van der Waals surface area contributed by atoms with Crippen LogP contribution in [-0.4, -0.2) is 24.5 Å². The highest BCUT2D eigenvalue weighted by atomic mass is 15.2. The molecule has 0 N–H and O–H groups in total. The minimum absolute atomic E-state index is 0.877. The molecule has 3 unspecified atom stereocenters. The van der Waals surface area contributed by atoms with Crippen molar-refractivity contribution in [2.24, 2.45) is 17.8 Å². The van der Waals surface area contributed by atoms with Crippen LogP contribution in [-0.2, 0) is 0 Å². The number of nitrogens with zero attached hydrogens (tertiary/aromatic N) is 1. The summed E-state index contributed by atoms with van der Waals surface area (Å²) >= 11 is 0. The van der Waals surface area contributed by atoms with Gasteiger partial charge in [-0.1, -0.05) is 13.8 Å². The highest BCUT2D eigenvalue weighted by Gasteiger charge is 2.50. The largest absolute Gasteiger partial charge is 0.303 e. The number of piperidine rings is 1. The van der Waals surface area contributed by atoms with Crippen LogP contribution < -0.4 is 0 Å². The minimum Gasteiger partial charge on any atom is -0.303 e.